The summed E-state index contributed by atoms with van der Waals surface area (Å²) in [6, 6.07) is 15.4. The predicted molar refractivity (Wildman–Crippen MR) is 134 cm³/mol. The monoisotopic (exact) mass is 534 g/mol. The summed E-state index contributed by atoms with van der Waals surface area (Å²) in [5.74, 6) is -0.847. The van der Waals surface area contributed by atoms with Crippen molar-refractivity contribution in [2.45, 2.75) is 33.4 Å². The van der Waals surface area contributed by atoms with Crippen LogP contribution in [0.2, 0.25) is 0 Å². The molecule has 1 amide bonds. The maximum atomic E-state index is 13.8. The molecule has 0 radical (unpaired) electrons. The third-order valence-corrected chi connectivity index (χ3v) is 6.39. The maximum absolute atomic E-state index is 13.8. The zero-order chi connectivity index (χ0) is 25.1. The number of hydrogen-bond acceptors (Lipinski definition) is 4. The number of hydrogen-bond donors (Lipinski definition) is 0. The van der Waals surface area contributed by atoms with E-state index in [2.05, 4.69) is 34.8 Å². The second kappa shape index (κ2) is 10.4. The Bertz CT molecular complexity index is 1270. The summed E-state index contributed by atoms with van der Waals surface area (Å²) >= 11 is 3.43. The van der Waals surface area contributed by atoms with Crippen molar-refractivity contribution in [2.75, 3.05) is 6.61 Å². The Morgan fingerprint density at radius 2 is 1.89 bits per heavy atom. The number of rotatable bonds is 7. The standard InChI is InChI=1S/C28H27BrN2O4/c1-17(2)16-35-22-10-11-23(18(3)13-22)26(32)24-25(20-6-8-21(29)9-7-20)31(28(34)27(24)33)15-19-5-4-12-30-14-19/h4-14,17,25,32H,15-16H2,1-3H3/b26-24+. The molecule has 1 unspecified atom stereocenters. The number of halogens is 1. The number of Topliss-reactive ketones (excluding diaryl/α,β-unsaturated/α-hetero) is 1. The molecule has 0 spiro atoms. The van der Waals surface area contributed by atoms with Gasteiger partial charge in [-0.15, -0.1) is 0 Å². The molecule has 35 heavy (non-hydrogen) atoms. The third kappa shape index (κ3) is 5.30. The molecule has 1 N–H and O–H groups in total. The first-order valence-corrected chi connectivity index (χ1v) is 12.3. The molecule has 0 aliphatic carbocycles. The highest BCUT2D eigenvalue weighted by molar-refractivity contribution is 9.10. The number of nitrogens with one attached hydrogen (secondary N) is 1. The number of aromatic nitrogens is 1. The molecule has 180 valence electrons. The summed E-state index contributed by atoms with van der Waals surface area (Å²) in [6.07, 6.45) is 3.54. The van der Waals surface area contributed by atoms with Crippen molar-refractivity contribution in [1.82, 2.24) is 4.90 Å². The first-order valence-electron chi connectivity index (χ1n) is 11.5. The van der Waals surface area contributed by atoms with Gasteiger partial charge in [-0.2, -0.15) is 0 Å². The molecule has 1 aromatic heterocycles. The van der Waals surface area contributed by atoms with Gasteiger partial charge in [0.15, 0.2) is 12.4 Å². The van der Waals surface area contributed by atoms with E-state index < -0.39 is 23.5 Å². The normalized spacial score (nSPS) is 17.3. The van der Waals surface area contributed by atoms with Crippen LogP contribution < -0.4 is 14.8 Å². The van der Waals surface area contributed by atoms with Crippen molar-refractivity contribution in [3.05, 3.63) is 99.3 Å². The van der Waals surface area contributed by atoms with E-state index in [1.165, 1.54) is 4.90 Å². The second-order valence-electron chi connectivity index (χ2n) is 9.05. The number of aromatic amines is 1. The largest absolute Gasteiger partial charge is 0.872 e. The minimum absolute atomic E-state index is 0.0313. The highest BCUT2D eigenvalue weighted by Crippen LogP contribution is 2.40. The predicted octanol–water partition coefficient (Wildman–Crippen LogP) is 4.03. The Hall–Kier alpha value is -3.45. The van der Waals surface area contributed by atoms with Crippen molar-refractivity contribution in [3.8, 4) is 5.75 Å². The van der Waals surface area contributed by atoms with Crippen LogP contribution in [0.25, 0.3) is 5.76 Å². The minimum atomic E-state index is -0.785. The lowest BCUT2D eigenvalue weighted by atomic mass is 9.94. The van der Waals surface area contributed by atoms with Gasteiger partial charge in [-0.05, 0) is 59.9 Å². The van der Waals surface area contributed by atoms with E-state index >= 15 is 0 Å². The molecular formula is C28H27BrN2O4. The van der Waals surface area contributed by atoms with Gasteiger partial charge in [0.05, 0.1) is 19.2 Å². The number of nitrogens with zero attached hydrogens (tertiary/aromatic N) is 1. The summed E-state index contributed by atoms with van der Waals surface area (Å²) < 4.78 is 6.64. The van der Waals surface area contributed by atoms with E-state index in [1.54, 1.807) is 30.6 Å². The topological polar surface area (TPSA) is 83.8 Å². The smallest absolute Gasteiger partial charge is 0.295 e. The summed E-state index contributed by atoms with van der Waals surface area (Å²) in [7, 11) is 0. The summed E-state index contributed by atoms with van der Waals surface area (Å²) in [5, 5.41) is 13.8. The van der Waals surface area contributed by atoms with Crippen LogP contribution in [0.1, 0.15) is 42.1 Å². The van der Waals surface area contributed by atoms with E-state index in [0.717, 1.165) is 10.0 Å². The maximum Gasteiger partial charge on any atom is 0.295 e. The number of pyridine rings is 1. The average molecular weight is 535 g/mol. The molecule has 0 saturated carbocycles. The van der Waals surface area contributed by atoms with Gasteiger partial charge in [0.25, 0.3) is 5.91 Å². The Balaban J connectivity index is 1.79. The third-order valence-electron chi connectivity index (χ3n) is 5.87. The van der Waals surface area contributed by atoms with Crippen LogP contribution in [0, 0.1) is 12.8 Å². The van der Waals surface area contributed by atoms with E-state index in [0.29, 0.717) is 35.0 Å². The fourth-order valence-corrected chi connectivity index (χ4v) is 4.40. The number of amides is 1. The minimum Gasteiger partial charge on any atom is -0.872 e. The first kappa shape index (κ1) is 24.7. The number of benzene rings is 2. The molecule has 1 aliphatic heterocycles. The highest BCUT2D eigenvalue weighted by atomic mass is 79.9. The van der Waals surface area contributed by atoms with Gasteiger partial charge >= 0.3 is 0 Å². The van der Waals surface area contributed by atoms with Crippen LogP contribution in [0.5, 0.6) is 5.75 Å². The fraction of sp³-hybridized carbons (Fsp3) is 0.250. The number of carbonyl (C=O) groups is 2. The average Bonchev–Trinajstić information content (AvgIpc) is 3.08. The molecule has 1 atom stereocenters. The van der Waals surface area contributed by atoms with Crippen molar-refractivity contribution < 1.29 is 24.4 Å². The van der Waals surface area contributed by atoms with E-state index in [-0.39, 0.29) is 12.1 Å². The van der Waals surface area contributed by atoms with Crippen LogP contribution in [0.4, 0.5) is 0 Å². The van der Waals surface area contributed by atoms with Crippen LogP contribution in [0.15, 0.2) is 77.0 Å². The number of ketones is 1. The van der Waals surface area contributed by atoms with Gasteiger partial charge in [0.2, 0.25) is 5.78 Å². The summed E-state index contributed by atoms with van der Waals surface area (Å²) in [5.41, 5.74) is 2.57. The van der Waals surface area contributed by atoms with E-state index in [1.807, 2.05) is 43.3 Å². The van der Waals surface area contributed by atoms with Crippen LogP contribution in [-0.2, 0) is 16.1 Å². The summed E-state index contributed by atoms with van der Waals surface area (Å²) in [4.78, 5) is 30.9. The molecule has 4 rings (SSSR count). The lowest BCUT2D eigenvalue weighted by Gasteiger charge is -2.28. The fourth-order valence-electron chi connectivity index (χ4n) is 4.14. The zero-order valence-corrected chi connectivity index (χ0v) is 21.5. The molecule has 7 heteroatoms. The molecule has 2 heterocycles. The number of aryl methyl sites for hydroxylation is 1. The molecule has 1 fully saturated rings. The van der Waals surface area contributed by atoms with E-state index in [9.17, 15) is 14.7 Å². The molecular weight excluding hydrogens is 508 g/mol. The lowest BCUT2D eigenvalue weighted by molar-refractivity contribution is -0.378. The van der Waals surface area contributed by atoms with Crippen LogP contribution >= 0.6 is 15.9 Å². The number of likely N-dealkylation sites (tertiary alicyclic amines) is 1. The quantitative estimate of drug-likeness (QED) is 0.260. The van der Waals surface area contributed by atoms with Gasteiger partial charge in [-0.25, -0.2) is 4.98 Å². The zero-order valence-electron chi connectivity index (χ0n) is 19.9. The molecule has 1 aliphatic rings. The van der Waals surface area contributed by atoms with Gasteiger partial charge in [-0.1, -0.05) is 53.7 Å². The molecule has 0 bridgehead atoms. The lowest BCUT2D eigenvalue weighted by Crippen LogP contribution is -2.29. The number of carbonyl (C=O) groups excluding carboxylic acids is 2. The van der Waals surface area contributed by atoms with Crippen molar-refractivity contribution in [3.63, 3.8) is 0 Å². The SMILES string of the molecule is Cc1cc(OCC(C)C)ccc1/C([O-])=C1\C(=O)C(=O)N(Cc2ccc[nH+]c2)C1c1ccc(Br)cc1. The van der Waals surface area contributed by atoms with E-state index in [4.69, 9.17) is 4.74 Å². The summed E-state index contributed by atoms with van der Waals surface area (Å²) in [6.45, 7) is 6.69. The van der Waals surface area contributed by atoms with Gasteiger partial charge in [-0.3, -0.25) is 9.59 Å². The highest BCUT2D eigenvalue weighted by Gasteiger charge is 2.44. The van der Waals surface area contributed by atoms with Crippen LogP contribution in [0.3, 0.4) is 0 Å². The van der Waals surface area contributed by atoms with Gasteiger partial charge in [0, 0.05) is 21.7 Å². The Morgan fingerprint density at radius 3 is 2.51 bits per heavy atom. The molecule has 6 nitrogen and oxygen atoms in total. The van der Waals surface area contributed by atoms with Gasteiger partial charge in [0.1, 0.15) is 5.75 Å². The Morgan fingerprint density at radius 1 is 1.14 bits per heavy atom. The molecule has 1 saturated heterocycles. The van der Waals surface area contributed by atoms with Crippen molar-refractivity contribution in [2.24, 2.45) is 5.92 Å². The second-order valence-corrected chi connectivity index (χ2v) is 9.97. The van der Waals surface area contributed by atoms with Crippen LogP contribution in [-0.4, -0.2) is 23.2 Å². The van der Waals surface area contributed by atoms with Crippen molar-refractivity contribution in [1.29, 1.82) is 0 Å². The molecule has 2 aromatic carbocycles. The number of ether oxygens (including phenoxy) is 1. The molecule has 3 aromatic rings. The van der Waals surface area contributed by atoms with Crippen molar-refractivity contribution >= 4 is 33.4 Å². The Labute approximate surface area is 213 Å². The van der Waals surface area contributed by atoms with Gasteiger partial charge < -0.3 is 14.7 Å². The Kier molecular flexibility index (Phi) is 7.36. The number of H-pyrrole nitrogens is 1. The first-order chi connectivity index (χ1) is 16.8.